The second-order valence-corrected chi connectivity index (χ2v) is 4.36. The van der Waals surface area contributed by atoms with Gasteiger partial charge in [-0.25, -0.2) is 4.79 Å². The first-order chi connectivity index (χ1) is 6.33. The highest BCUT2D eigenvalue weighted by molar-refractivity contribution is 7.43. The lowest BCUT2D eigenvalue weighted by Crippen LogP contribution is -1.80. The highest BCUT2D eigenvalue weighted by atomic mass is 31.1. The molecule has 0 aromatic heterocycles. The van der Waals surface area contributed by atoms with Crippen molar-refractivity contribution in [2.45, 2.75) is 6.16 Å². The van der Waals surface area contributed by atoms with E-state index >= 15 is 0 Å². The number of rotatable bonds is 4. The molecular weight excluding hydrogens is 185 g/mol. The lowest BCUT2D eigenvalue weighted by molar-refractivity contribution is 0.562. The van der Waals surface area contributed by atoms with E-state index in [0.717, 1.165) is 5.56 Å². The Morgan fingerprint density at radius 2 is 2.00 bits per heavy atom. The van der Waals surface area contributed by atoms with Crippen molar-refractivity contribution >= 4 is 13.9 Å². The Balaban J connectivity index is 2.50. The molecule has 0 saturated carbocycles. The quantitative estimate of drug-likeness (QED) is 0.419. The van der Waals surface area contributed by atoms with Gasteiger partial charge in [0.25, 0.3) is 0 Å². The van der Waals surface area contributed by atoms with Crippen molar-refractivity contribution in [1.29, 1.82) is 0 Å². The molecule has 1 rings (SSSR count). The van der Waals surface area contributed by atoms with Crippen molar-refractivity contribution in [2.24, 2.45) is 4.99 Å². The highest BCUT2D eigenvalue weighted by Gasteiger charge is 1.99. The Hall–Kier alpha value is -1.17. The number of benzene rings is 1. The Bertz CT molecular complexity index is 331. The van der Waals surface area contributed by atoms with E-state index in [0.29, 0.717) is 6.16 Å². The van der Waals surface area contributed by atoms with Crippen LogP contribution in [0.4, 0.5) is 0 Å². The molecule has 4 heteroatoms. The van der Waals surface area contributed by atoms with Crippen LogP contribution in [-0.2, 0) is 15.5 Å². The summed E-state index contributed by atoms with van der Waals surface area (Å²) < 4.78 is 11.3. The van der Waals surface area contributed by atoms with Crippen LogP contribution in [0.3, 0.4) is 0 Å². The molecular formula is C9H10NO2P. The van der Waals surface area contributed by atoms with E-state index < -0.39 is 7.80 Å². The molecule has 0 fully saturated rings. The van der Waals surface area contributed by atoms with E-state index in [2.05, 4.69) is 4.99 Å². The van der Waals surface area contributed by atoms with E-state index in [1.54, 1.807) is 0 Å². The zero-order valence-electron chi connectivity index (χ0n) is 7.06. The van der Waals surface area contributed by atoms with Crippen molar-refractivity contribution in [2.75, 3.05) is 6.29 Å². The molecule has 1 aromatic carbocycles. The average molecular weight is 195 g/mol. The van der Waals surface area contributed by atoms with E-state index in [1.165, 1.54) is 6.08 Å². The van der Waals surface area contributed by atoms with Gasteiger partial charge in [0.2, 0.25) is 6.08 Å². The monoisotopic (exact) mass is 195 g/mol. The van der Waals surface area contributed by atoms with Gasteiger partial charge < -0.3 is 4.57 Å². The summed E-state index contributed by atoms with van der Waals surface area (Å²) in [6.07, 6.45) is 2.01. The molecule has 0 aliphatic carbocycles. The predicted molar refractivity (Wildman–Crippen MR) is 52.1 cm³/mol. The molecule has 0 aliphatic rings. The Kier molecular flexibility index (Phi) is 4.17. The second-order valence-electron chi connectivity index (χ2n) is 2.61. The number of nitrogens with zero attached hydrogens (tertiary/aromatic N) is 1. The molecule has 3 nitrogen and oxygen atoms in total. The van der Waals surface area contributed by atoms with Gasteiger partial charge in [0.05, 0.1) is 0 Å². The van der Waals surface area contributed by atoms with Crippen LogP contribution in [0.15, 0.2) is 35.3 Å². The van der Waals surface area contributed by atoms with Crippen LogP contribution in [0.2, 0.25) is 0 Å². The van der Waals surface area contributed by atoms with E-state index in [-0.39, 0.29) is 6.29 Å². The van der Waals surface area contributed by atoms with Gasteiger partial charge in [-0.2, -0.15) is 4.99 Å². The molecule has 0 radical (unpaired) electrons. The summed E-state index contributed by atoms with van der Waals surface area (Å²) in [5.74, 6) is 0. The van der Waals surface area contributed by atoms with Crippen LogP contribution in [0.25, 0.3) is 0 Å². The molecule has 0 amide bonds. The fraction of sp³-hybridized carbons (Fsp3) is 0.222. The topological polar surface area (TPSA) is 46.5 Å². The number of hydrogen-bond acceptors (Lipinski definition) is 3. The van der Waals surface area contributed by atoms with Crippen LogP contribution >= 0.6 is 7.80 Å². The Labute approximate surface area is 77.3 Å². The minimum Gasteiger partial charge on any atom is -0.325 e. The number of hydrogen-bond donors (Lipinski definition) is 0. The van der Waals surface area contributed by atoms with Gasteiger partial charge in [0, 0.05) is 6.16 Å². The molecule has 68 valence electrons. The average Bonchev–Trinajstić information content (AvgIpc) is 2.16. The third-order valence-corrected chi connectivity index (χ3v) is 2.88. The zero-order valence-corrected chi connectivity index (χ0v) is 8.06. The first-order valence-corrected chi connectivity index (χ1v) is 5.74. The maximum Gasteiger partial charge on any atom is 0.235 e. The smallest absolute Gasteiger partial charge is 0.235 e. The minimum atomic E-state index is -1.78. The maximum atomic E-state index is 11.3. The summed E-state index contributed by atoms with van der Waals surface area (Å²) in [5, 5.41) is 0. The number of carbonyl (C=O) groups excluding carboxylic acids is 1. The largest absolute Gasteiger partial charge is 0.325 e. The number of aliphatic imine (C=N–C) groups is 1. The molecule has 1 unspecified atom stereocenters. The predicted octanol–water partition coefficient (Wildman–Crippen LogP) is 2.04. The highest BCUT2D eigenvalue weighted by Crippen LogP contribution is 2.25. The third-order valence-electron chi connectivity index (χ3n) is 1.56. The van der Waals surface area contributed by atoms with Crippen LogP contribution in [0, 0.1) is 0 Å². The van der Waals surface area contributed by atoms with Crippen molar-refractivity contribution in [1.82, 2.24) is 0 Å². The van der Waals surface area contributed by atoms with Crippen LogP contribution in [0.1, 0.15) is 5.56 Å². The van der Waals surface area contributed by atoms with E-state index in [1.807, 2.05) is 30.3 Å². The van der Waals surface area contributed by atoms with Gasteiger partial charge in [0.1, 0.15) is 14.1 Å². The van der Waals surface area contributed by atoms with Gasteiger partial charge in [-0.05, 0) is 5.56 Å². The second kappa shape index (κ2) is 5.47. The first kappa shape index (κ1) is 9.91. The lowest BCUT2D eigenvalue weighted by Gasteiger charge is -1.97. The molecule has 0 spiro atoms. The summed E-state index contributed by atoms with van der Waals surface area (Å²) >= 11 is 0. The summed E-state index contributed by atoms with van der Waals surface area (Å²) in [6, 6.07) is 9.52. The molecule has 0 aliphatic heterocycles. The fourth-order valence-electron chi connectivity index (χ4n) is 1.000. The van der Waals surface area contributed by atoms with Gasteiger partial charge >= 0.3 is 0 Å². The van der Waals surface area contributed by atoms with Gasteiger partial charge in [-0.1, -0.05) is 30.3 Å². The lowest BCUT2D eigenvalue weighted by atomic mass is 10.2. The van der Waals surface area contributed by atoms with Gasteiger partial charge in [-0.15, -0.1) is 0 Å². The van der Waals surface area contributed by atoms with E-state index in [9.17, 15) is 9.36 Å². The normalized spacial score (nSPS) is 11.7. The summed E-state index contributed by atoms with van der Waals surface area (Å²) in [7, 11) is -1.78. The van der Waals surface area contributed by atoms with Gasteiger partial charge in [0.15, 0.2) is 0 Å². The van der Waals surface area contributed by atoms with E-state index in [4.69, 9.17) is 0 Å². The summed E-state index contributed by atoms with van der Waals surface area (Å²) in [6.45, 7) is 0. The van der Waals surface area contributed by atoms with Crippen molar-refractivity contribution in [3.05, 3.63) is 35.9 Å². The number of isocyanates is 1. The summed E-state index contributed by atoms with van der Waals surface area (Å²) in [4.78, 5) is 13.0. The standard InChI is InChI=1S/C9H10NO2P/c11-7-10-8-13(12)6-9-4-2-1-3-5-9/h1-5,13H,6,8H2. The molecule has 13 heavy (non-hydrogen) atoms. The van der Waals surface area contributed by atoms with Crippen molar-refractivity contribution in [3.63, 3.8) is 0 Å². The van der Waals surface area contributed by atoms with Crippen LogP contribution in [-0.4, -0.2) is 12.4 Å². The minimum absolute atomic E-state index is 0.114. The van der Waals surface area contributed by atoms with Crippen molar-refractivity contribution < 1.29 is 9.36 Å². The van der Waals surface area contributed by atoms with Crippen molar-refractivity contribution in [3.8, 4) is 0 Å². The maximum absolute atomic E-state index is 11.3. The molecule has 1 atom stereocenters. The molecule has 0 heterocycles. The zero-order chi connectivity index (χ0) is 9.52. The Morgan fingerprint density at radius 1 is 1.31 bits per heavy atom. The molecule has 0 bridgehead atoms. The molecule has 0 saturated heterocycles. The van der Waals surface area contributed by atoms with Gasteiger partial charge in [-0.3, -0.25) is 0 Å². The first-order valence-electron chi connectivity index (χ1n) is 3.92. The van der Waals surface area contributed by atoms with Crippen LogP contribution < -0.4 is 0 Å². The SMILES string of the molecule is O=C=NC[PH](=O)Cc1ccccc1. The fourth-order valence-corrected chi connectivity index (χ4v) is 2.04. The molecule has 1 aromatic rings. The van der Waals surface area contributed by atoms with Crippen LogP contribution in [0.5, 0.6) is 0 Å². The Morgan fingerprint density at radius 3 is 2.62 bits per heavy atom. The molecule has 0 N–H and O–H groups in total. The third kappa shape index (κ3) is 3.84. The summed E-state index contributed by atoms with van der Waals surface area (Å²) in [5.41, 5.74) is 1.02.